The molecule has 1 amide bonds. The summed E-state index contributed by atoms with van der Waals surface area (Å²) in [5, 5.41) is 5.57. The number of ether oxygens (including phenoxy) is 1. The Morgan fingerprint density at radius 3 is 2.42 bits per heavy atom. The molecule has 10 heteroatoms. The standard InChI is InChI=1S/C28H31N5O4S/c1-4-37-23-8-10-24(11-9-23)38(35,36)32-16-14-31(15-17-32)26(34)19-33-28-27(21(3)30-33)25(12-13-29-28)22-7-5-6-20(2)18-22/h5-13,18H,4,14-17,19H2,1-3H3. The molecule has 0 bridgehead atoms. The fourth-order valence-corrected chi connectivity index (χ4v) is 6.30. The van der Waals surface area contributed by atoms with Crippen molar-refractivity contribution in [1.29, 1.82) is 0 Å². The van der Waals surface area contributed by atoms with E-state index in [4.69, 9.17) is 4.74 Å². The van der Waals surface area contributed by atoms with Gasteiger partial charge in [-0.2, -0.15) is 9.40 Å². The molecule has 198 valence electrons. The minimum absolute atomic E-state index is 0.0419. The maximum Gasteiger partial charge on any atom is 0.244 e. The van der Waals surface area contributed by atoms with E-state index in [1.807, 2.05) is 26.0 Å². The van der Waals surface area contributed by atoms with Gasteiger partial charge in [0.15, 0.2) is 5.65 Å². The van der Waals surface area contributed by atoms with Crippen molar-refractivity contribution < 1.29 is 17.9 Å². The van der Waals surface area contributed by atoms with Crippen LogP contribution in [-0.2, 0) is 21.4 Å². The monoisotopic (exact) mass is 533 g/mol. The number of aryl methyl sites for hydroxylation is 2. The lowest BCUT2D eigenvalue weighted by Gasteiger charge is -2.34. The van der Waals surface area contributed by atoms with Crippen molar-refractivity contribution >= 4 is 27.0 Å². The Hall–Kier alpha value is -3.76. The predicted octanol–water partition coefficient (Wildman–Crippen LogP) is 3.65. The minimum Gasteiger partial charge on any atom is -0.494 e. The summed E-state index contributed by atoms with van der Waals surface area (Å²) >= 11 is 0. The van der Waals surface area contributed by atoms with Crippen molar-refractivity contribution in [2.24, 2.45) is 0 Å². The van der Waals surface area contributed by atoms with Gasteiger partial charge in [-0.05, 0) is 62.2 Å². The maximum absolute atomic E-state index is 13.2. The van der Waals surface area contributed by atoms with Crippen LogP contribution in [0.1, 0.15) is 18.2 Å². The fourth-order valence-electron chi connectivity index (χ4n) is 4.87. The summed E-state index contributed by atoms with van der Waals surface area (Å²) in [6, 6.07) is 16.7. The smallest absolute Gasteiger partial charge is 0.244 e. The van der Waals surface area contributed by atoms with Gasteiger partial charge in [-0.25, -0.2) is 18.1 Å². The molecule has 1 saturated heterocycles. The summed E-state index contributed by atoms with van der Waals surface area (Å²) in [6.45, 7) is 7.51. The first-order valence-corrected chi connectivity index (χ1v) is 14.1. The highest BCUT2D eigenvalue weighted by Gasteiger charge is 2.30. The van der Waals surface area contributed by atoms with Gasteiger partial charge in [0.2, 0.25) is 15.9 Å². The quantitative estimate of drug-likeness (QED) is 0.360. The average molecular weight is 534 g/mol. The Labute approximate surface area is 222 Å². The van der Waals surface area contributed by atoms with Crippen LogP contribution in [0, 0.1) is 13.8 Å². The molecular formula is C28H31N5O4S. The van der Waals surface area contributed by atoms with E-state index in [9.17, 15) is 13.2 Å². The summed E-state index contributed by atoms with van der Waals surface area (Å²) in [6.07, 6.45) is 1.74. The van der Waals surface area contributed by atoms with Crippen molar-refractivity contribution in [2.75, 3.05) is 32.8 Å². The molecule has 4 aromatic rings. The van der Waals surface area contributed by atoms with Crippen LogP contribution in [0.25, 0.3) is 22.2 Å². The number of hydrogen-bond acceptors (Lipinski definition) is 6. The van der Waals surface area contributed by atoms with Crippen LogP contribution < -0.4 is 4.74 Å². The lowest BCUT2D eigenvalue weighted by atomic mass is 10.0. The summed E-state index contributed by atoms with van der Waals surface area (Å²) in [5.74, 6) is 0.513. The highest BCUT2D eigenvalue weighted by Crippen LogP contribution is 2.30. The van der Waals surface area contributed by atoms with Crippen LogP contribution in [0.4, 0.5) is 0 Å². The van der Waals surface area contributed by atoms with Gasteiger partial charge in [-0.3, -0.25) is 4.79 Å². The highest BCUT2D eigenvalue weighted by atomic mass is 32.2. The van der Waals surface area contributed by atoms with Gasteiger partial charge in [0.1, 0.15) is 12.3 Å². The zero-order chi connectivity index (χ0) is 26.9. The molecule has 1 fully saturated rings. The molecule has 3 heterocycles. The Balaban J connectivity index is 1.28. The van der Waals surface area contributed by atoms with Crippen LogP contribution in [-0.4, -0.2) is 71.1 Å². The molecule has 0 radical (unpaired) electrons. The lowest BCUT2D eigenvalue weighted by molar-refractivity contribution is -0.133. The minimum atomic E-state index is -3.65. The Morgan fingerprint density at radius 1 is 1.00 bits per heavy atom. The van der Waals surface area contributed by atoms with Crippen LogP contribution in [0.2, 0.25) is 0 Å². The second kappa shape index (κ2) is 10.5. The molecule has 9 nitrogen and oxygen atoms in total. The van der Waals surface area contributed by atoms with E-state index in [0.717, 1.165) is 27.8 Å². The third-order valence-corrected chi connectivity index (χ3v) is 8.70. The SMILES string of the molecule is CCOc1ccc(S(=O)(=O)N2CCN(C(=O)Cn3nc(C)c4c(-c5cccc(C)c5)ccnc43)CC2)cc1. The normalized spacial score (nSPS) is 14.7. The topological polar surface area (TPSA) is 97.6 Å². The first kappa shape index (κ1) is 25.9. The molecule has 38 heavy (non-hydrogen) atoms. The second-order valence-corrected chi connectivity index (χ2v) is 11.3. The Bertz CT molecular complexity index is 1570. The molecule has 2 aromatic carbocycles. The number of sulfonamides is 1. The molecule has 0 unspecified atom stereocenters. The molecule has 0 aliphatic carbocycles. The van der Waals surface area contributed by atoms with Crippen molar-refractivity contribution in [3.05, 3.63) is 72.1 Å². The molecule has 0 saturated carbocycles. The molecule has 5 rings (SSSR count). The van der Waals surface area contributed by atoms with E-state index in [-0.39, 0.29) is 30.4 Å². The summed E-state index contributed by atoms with van der Waals surface area (Å²) in [7, 11) is -3.65. The Morgan fingerprint density at radius 2 is 1.74 bits per heavy atom. The molecular weight excluding hydrogens is 502 g/mol. The zero-order valence-corrected chi connectivity index (χ0v) is 22.6. The number of piperazine rings is 1. The molecule has 1 aliphatic rings. The number of pyridine rings is 1. The van der Waals surface area contributed by atoms with E-state index in [1.165, 1.54) is 4.31 Å². The lowest BCUT2D eigenvalue weighted by Crippen LogP contribution is -2.51. The first-order chi connectivity index (χ1) is 18.3. The van der Waals surface area contributed by atoms with E-state index in [0.29, 0.717) is 31.1 Å². The predicted molar refractivity (Wildman–Crippen MR) is 145 cm³/mol. The number of aromatic nitrogens is 3. The zero-order valence-electron chi connectivity index (χ0n) is 21.8. The molecule has 2 aromatic heterocycles. The van der Waals surface area contributed by atoms with Gasteiger partial charge >= 0.3 is 0 Å². The van der Waals surface area contributed by atoms with Crippen LogP contribution in [0.5, 0.6) is 5.75 Å². The molecule has 0 spiro atoms. The summed E-state index contributed by atoms with van der Waals surface area (Å²) in [5.41, 5.74) is 4.74. The van der Waals surface area contributed by atoms with E-state index in [2.05, 4.69) is 35.2 Å². The largest absolute Gasteiger partial charge is 0.494 e. The van der Waals surface area contributed by atoms with Crippen molar-refractivity contribution in [1.82, 2.24) is 24.0 Å². The van der Waals surface area contributed by atoms with Crippen LogP contribution >= 0.6 is 0 Å². The fraction of sp³-hybridized carbons (Fsp3) is 0.321. The number of benzene rings is 2. The van der Waals surface area contributed by atoms with E-state index in [1.54, 1.807) is 40.0 Å². The first-order valence-electron chi connectivity index (χ1n) is 12.7. The third-order valence-electron chi connectivity index (χ3n) is 6.79. The van der Waals surface area contributed by atoms with Gasteiger partial charge in [-0.15, -0.1) is 0 Å². The molecule has 0 atom stereocenters. The van der Waals surface area contributed by atoms with Crippen molar-refractivity contribution in [3.63, 3.8) is 0 Å². The van der Waals surface area contributed by atoms with Gasteiger partial charge in [0.25, 0.3) is 0 Å². The number of hydrogen-bond donors (Lipinski definition) is 0. The van der Waals surface area contributed by atoms with Gasteiger partial charge in [-0.1, -0.05) is 29.8 Å². The summed E-state index contributed by atoms with van der Waals surface area (Å²) in [4.78, 5) is 19.6. The van der Waals surface area contributed by atoms with Crippen LogP contribution in [0.15, 0.2) is 65.7 Å². The van der Waals surface area contributed by atoms with Gasteiger partial charge in [0.05, 0.1) is 17.2 Å². The van der Waals surface area contributed by atoms with E-state index < -0.39 is 10.0 Å². The number of rotatable bonds is 7. The van der Waals surface area contributed by atoms with Crippen LogP contribution in [0.3, 0.4) is 0 Å². The summed E-state index contributed by atoms with van der Waals surface area (Å²) < 4.78 is 34.7. The average Bonchev–Trinajstić information content (AvgIpc) is 3.24. The number of amides is 1. The number of carbonyl (C=O) groups excluding carboxylic acids is 1. The number of nitrogens with zero attached hydrogens (tertiary/aromatic N) is 5. The highest BCUT2D eigenvalue weighted by molar-refractivity contribution is 7.89. The van der Waals surface area contributed by atoms with E-state index >= 15 is 0 Å². The second-order valence-electron chi connectivity index (χ2n) is 9.36. The maximum atomic E-state index is 13.2. The molecule has 0 N–H and O–H groups in total. The third kappa shape index (κ3) is 5.01. The number of carbonyl (C=O) groups is 1. The number of fused-ring (bicyclic) bond motifs is 1. The van der Waals surface area contributed by atoms with Gasteiger partial charge < -0.3 is 9.64 Å². The Kier molecular flexibility index (Phi) is 7.18. The van der Waals surface area contributed by atoms with Crippen molar-refractivity contribution in [3.8, 4) is 16.9 Å². The van der Waals surface area contributed by atoms with Crippen molar-refractivity contribution in [2.45, 2.75) is 32.2 Å². The van der Waals surface area contributed by atoms with Gasteiger partial charge in [0, 0.05) is 37.8 Å². The molecule has 1 aliphatic heterocycles.